The maximum absolute atomic E-state index is 14.1. The van der Waals surface area contributed by atoms with Crippen LogP contribution in [0.15, 0.2) is 23.6 Å². The molecule has 1 heterocycles. The number of methoxy groups -OCH3 is 2. The van der Waals surface area contributed by atoms with Gasteiger partial charge in [-0.3, -0.25) is 0 Å². The zero-order valence-electron chi connectivity index (χ0n) is 11.4. The van der Waals surface area contributed by atoms with Crippen molar-refractivity contribution in [3.8, 4) is 11.5 Å². The molecule has 108 valence electrons. The molecule has 1 N–H and O–H groups in total. The monoisotopic (exact) mass is 299 g/mol. The average Bonchev–Trinajstić information content (AvgIpc) is 2.91. The molecule has 1 aromatic heterocycles. The molecular weight excluding hydrogens is 284 g/mol. The van der Waals surface area contributed by atoms with E-state index in [-0.39, 0.29) is 11.3 Å². The molecule has 2 rings (SSSR count). The molecule has 3 nitrogen and oxygen atoms in total. The van der Waals surface area contributed by atoms with Crippen molar-refractivity contribution in [3.63, 3.8) is 0 Å². The summed E-state index contributed by atoms with van der Waals surface area (Å²) in [6.07, 6.45) is 0. The van der Waals surface area contributed by atoms with Crippen LogP contribution in [0.3, 0.4) is 0 Å². The van der Waals surface area contributed by atoms with E-state index in [9.17, 15) is 8.78 Å². The van der Waals surface area contributed by atoms with E-state index in [1.54, 1.807) is 25.6 Å². The molecule has 1 unspecified atom stereocenters. The number of nitrogens with one attached hydrogen (secondary N) is 1. The van der Waals surface area contributed by atoms with E-state index in [4.69, 9.17) is 9.47 Å². The fourth-order valence-corrected chi connectivity index (χ4v) is 2.95. The minimum Gasteiger partial charge on any atom is -0.497 e. The molecule has 2 aromatic rings. The summed E-state index contributed by atoms with van der Waals surface area (Å²) in [5, 5.41) is 4.72. The highest BCUT2D eigenvalue weighted by molar-refractivity contribution is 7.10. The number of thiophene rings is 1. The lowest BCUT2D eigenvalue weighted by molar-refractivity contribution is 0.403. The molecule has 0 aliphatic carbocycles. The third-order valence-corrected chi connectivity index (χ3v) is 3.96. The molecule has 0 saturated carbocycles. The smallest absolute Gasteiger partial charge is 0.134 e. The second-order valence-electron chi connectivity index (χ2n) is 4.12. The predicted molar refractivity (Wildman–Crippen MR) is 74.7 cm³/mol. The van der Waals surface area contributed by atoms with Crippen molar-refractivity contribution < 1.29 is 18.3 Å². The molecule has 6 heteroatoms. The van der Waals surface area contributed by atoms with Crippen LogP contribution in [-0.2, 0) is 0 Å². The van der Waals surface area contributed by atoms with Crippen LogP contribution in [0.1, 0.15) is 16.5 Å². The SMILES string of the molecule is CNC(c1cc(OC)cs1)c1c(F)cc(OC)cc1F. The molecule has 20 heavy (non-hydrogen) atoms. The van der Waals surface area contributed by atoms with Gasteiger partial charge in [-0.25, -0.2) is 8.78 Å². The number of benzene rings is 1. The second kappa shape index (κ2) is 6.19. The van der Waals surface area contributed by atoms with Crippen molar-refractivity contribution in [1.82, 2.24) is 5.32 Å². The lowest BCUT2D eigenvalue weighted by atomic mass is 10.0. The molecular formula is C14H15F2NO2S. The van der Waals surface area contributed by atoms with Gasteiger partial charge in [0, 0.05) is 28.0 Å². The van der Waals surface area contributed by atoms with Crippen LogP contribution >= 0.6 is 11.3 Å². The molecule has 0 fully saturated rings. The molecule has 0 spiro atoms. The zero-order valence-corrected chi connectivity index (χ0v) is 12.2. The Morgan fingerprint density at radius 2 is 1.65 bits per heavy atom. The van der Waals surface area contributed by atoms with Gasteiger partial charge in [-0.15, -0.1) is 11.3 Å². The van der Waals surface area contributed by atoms with E-state index in [1.165, 1.54) is 30.6 Å². The molecule has 0 bridgehead atoms. The Bertz CT molecular complexity index is 578. The van der Waals surface area contributed by atoms with Gasteiger partial charge in [-0.05, 0) is 13.1 Å². The minimum absolute atomic E-state index is 0.0298. The fourth-order valence-electron chi connectivity index (χ4n) is 1.98. The second-order valence-corrected chi connectivity index (χ2v) is 5.06. The number of hydrogen-bond donors (Lipinski definition) is 1. The van der Waals surface area contributed by atoms with Crippen molar-refractivity contribution in [3.05, 3.63) is 45.7 Å². The highest BCUT2D eigenvalue weighted by Gasteiger charge is 2.23. The van der Waals surface area contributed by atoms with Crippen LogP contribution in [0.2, 0.25) is 0 Å². The van der Waals surface area contributed by atoms with E-state index < -0.39 is 17.7 Å². The molecule has 0 aliphatic heterocycles. The Hall–Kier alpha value is -1.66. The van der Waals surface area contributed by atoms with E-state index >= 15 is 0 Å². The summed E-state index contributed by atoms with van der Waals surface area (Å²) in [5.41, 5.74) is -0.0298. The summed E-state index contributed by atoms with van der Waals surface area (Å²) in [7, 11) is 4.57. The Kier molecular flexibility index (Phi) is 4.57. The van der Waals surface area contributed by atoms with Gasteiger partial charge in [0.05, 0.1) is 20.3 Å². The van der Waals surface area contributed by atoms with Gasteiger partial charge in [-0.2, -0.15) is 0 Å². The van der Waals surface area contributed by atoms with Crippen LogP contribution < -0.4 is 14.8 Å². The first-order valence-electron chi connectivity index (χ1n) is 5.93. The zero-order chi connectivity index (χ0) is 14.7. The van der Waals surface area contributed by atoms with Gasteiger partial charge in [0.15, 0.2) is 0 Å². The molecule has 1 atom stereocenters. The van der Waals surface area contributed by atoms with E-state index in [2.05, 4.69) is 5.32 Å². The number of ether oxygens (including phenoxy) is 2. The van der Waals surface area contributed by atoms with Gasteiger partial charge in [0.1, 0.15) is 23.1 Å². The third kappa shape index (κ3) is 2.76. The Labute approximate surface area is 120 Å². The highest BCUT2D eigenvalue weighted by Crippen LogP contribution is 2.34. The van der Waals surface area contributed by atoms with Crippen LogP contribution in [0, 0.1) is 11.6 Å². The van der Waals surface area contributed by atoms with Crippen molar-refractivity contribution in [2.24, 2.45) is 0 Å². The van der Waals surface area contributed by atoms with Crippen LogP contribution in [0.25, 0.3) is 0 Å². The van der Waals surface area contributed by atoms with Gasteiger partial charge in [0.25, 0.3) is 0 Å². The van der Waals surface area contributed by atoms with Crippen LogP contribution in [0.4, 0.5) is 8.78 Å². The Morgan fingerprint density at radius 3 is 2.10 bits per heavy atom. The molecule has 0 amide bonds. The normalized spacial score (nSPS) is 12.2. The number of halogens is 2. The van der Waals surface area contributed by atoms with E-state index in [0.29, 0.717) is 5.75 Å². The van der Waals surface area contributed by atoms with Crippen LogP contribution in [-0.4, -0.2) is 21.3 Å². The van der Waals surface area contributed by atoms with Crippen molar-refractivity contribution in [2.45, 2.75) is 6.04 Å². The maximum atomic E-state index is 14.1. The maximum Gasteiger partial charge on any atom is 0.134 e. The quantitative estimate of drug-likeness (QED) is 0.918. The lowest BCUT2D eigenvalue weighted by Gasteiger charge is -2.17. The van der Waals surface area contributed by atoms with E-state index in [0.717, 1.165) is 4.88 Å². The lowest BCUT2D eigenvalue weighted by Crippen LogP contribution is -2.19. The largest absolute Gasteiger partial charge is 0.497 e. The summed E-state index contributed by atoms with van der Waals surface area (Å²) in [5.74, 6) is -0.468. The van der Waals surface area contributed by atoms with Gasteiger partial charge in [0.2, 0.25) is 0 Å². The van der Waals surface area contributed by atoms with Gasteiger partial charge < -0.3 is 14.8 Å². The molecule has 0 radical (unpaired) electrons. The highest BCUT2D eigenvalue weighted by atomic mass is 32.1. The summed E-state index contributed by atoms with van der Waals surface area (Å²) in [6, 6.07) is 3.53. The van der Waals surface area contributed by atoms with E-state index in [1.807, 2.05) is 0 Å². The summed E-state index contributed by atoms with van der Waals surface area (Å²) in [4.78, 5) is 0.771. The fraction of sp³-hybridized carbons (Fsp3) is 0.286. The third-order valence-electron chi connectivity index (χ3n) is 2.98. The van der Waals surface area contributed by atoms with Crippen molar-refractivity contribution >= 4 is 11.3 Å². The topological polar surface area (TPSA) is 30.5 Å². The number of rotatable bonds is 5. The molecule has 0 saturated heterocycles. The van der Waals surface area contributed by atoms with Gasteiger partial charge in [-0.1, -0.05) is 0 Å². The van der Waals surface area contributed by atoms with Crippen molar-refractivity contribution in [1.29, 1.82) is 0 Å². The first-order chi connectivity index (χ1) is 9.60. The average molecular weight is 299 g/mol. The Balaban J connectivity index is 2.46. The Morgan fingerprint density at radius 1 is 1.05 bits per heavy atom. The minimum atomic E-state index is -0.645. The van der Waals surface area contributed by atoms with Crippen molar-refractivity contribution in [2.75, 3.05) is 21.3 Å². The number of hydrogen-bond acceptors (Lipinski definition) is 4. The first-order valence-corrected chi connectivity index (χ1v) is 6.81. The predicted octanol–water partition coefficient (Wildman–Crippen LogP) is 3.35. The summed E-state index contributed by atoms with van der Waals surface area (Å²) >= 11 is 1.38. The standard InChI is InChI=1S/C14H15F2NO2S/c1-17-14(12-6-9(19-3)7-20-12)13-10(15)4-8(18-2)5-11(13)16/h4-7,14,17H,1-3H3. The summed E-state index contributed by atoms with van der Waals surface area (Å²) in [6.45, 7) is 0. The summed E-state index contributed by atoms with van der Waals surface area (Å²) < 4.78 is 38.2. The van der Waals surface area contributed by atoms with Crippen LogP contribution in [0.5, 0.6) is 11.5 Å². The molecule has 0 aliphatic rings. The first kappa shape index (κ1) is 14.7. The van der Waals surface area contributed by atoms with Gasteiger partial charge >= 0.3 is 0 Å². The molecule has 1 aromatic carbocycles.